The molecule has 0 amide bonds. The fourth-order valence-corrected chi connectivity index (χ4v) is 14.7. The Morgan fingerprint density at radius 2 is 1.41 bits per heavy atom. The van der Waals surface area contributed by atoms with E-state index >= 15 is 0 Å². The summed E-state index contributed by atoms with van der Waals surface area (Å²) >= 11 is 0. The lowest BCUT2D eigenvalue weighted by Gasteiger charge is -2.56. The lowest BCUT2D eigenvalue weighted by Crippen LogP contribution is -2.67. The zero-order valence-corrected chi connectivity index (χ0v) is 38.4. The minimum atomic E-state index is -2.73. The third-order valence-corrected chi connectivity index (χ3v) is 23.1. The number of ketones is 1. The molecule has 56 heavy (non-hydrogen) atoms. The molecular formula is C46H70O8Si2. The van der Waals surface area contributed by atoms with Crippen molar-refractivity contribution in [2.75, 3.05) is 13.2 Å². The van der Waals surface area contributed by atoms with E-state index in [2.05, 4.69) is 135 Å². The van der Waals surface area contributed by atoms with E-state index in [1.165, 1.54) is 10.4 Å². The molecule has 4 aliphatic rings. The number of carbonyl (C=O) groups excluding carboxylic acids is 1. The normalized spacial score (nSPS) is 29.5. The van der Waals surface area contributed by atoms with E-state index in [0.717, 1.165) is 18.6 Å². The van der Waals surface area contributed by atoms with Crippen LogP contribution in [0.5, 0.6) is 0 Å². The third kappa shape index (κ3) is 8.33. The fourth-order valence-electron chi connectivity index (χ4n) is 9.00. The van der Waals surface area contributed by atoms with Crippen molar-refractivity contribution in [3.05, 3.63) is 72.5 Å². The van der Waals surface area contributed by atoms with Crippen LogP contribution >= 0.6 is 0 Å². The smallest absolute Gasteiger partial charge is 0.261 e. The Kier molecular flexibility index (Phi) is 12.5. The summed E-state index contributed by atoms with van der Waals surface area (Å²) in [5, 5.41) is 2.40. The summed E-state index contributed by atoms with van der Waals surface area (Å²) in [6.45, 7) is 27.4. The molecule has 0 saturated carbocycles. The van der Waals surface area contributed by atoms with Crippen molar-refractivity contribution in [3.63, 3.8) is 0 Å². The molecule has 310 valence electrons. The molecule has 4 heterocycles. The highest BCUT2D eigenvalue weighted by Crippen LogP contribution is 2.52. The second-order valence-corrected chi connectivity index (χ2v) is 28.8. The highest BCUT2D eigenvalue weighted by molar-refractivity contribution is 6.99. The second-order valence-electron chi connectivity index (χ2n) is 19.7. The van der Waals surface area contributed by atoms with Crippen LogP contribution in [0.1, 0.15) is 114 Å². The Balaban J connectivity index is 1.28. The average molecular weight is 807 g/mol. The molecule has 8 nitrogen and oxygen atoms in total. The van der Waals surface area contributed by atoms with Crippen molar-refractivity contribution in [2.45, 2.75) is 179 Å². The van der Waals surface area contributed by atoms with Crippen molar-refractivity contribution in [3.8, 4) is 0 Å². The summed E-state index contributed by atoms with van der Waals surface area (Å²) in [7, 11) is -4.91. The topological polar surface area (TPSA) is 81.7 Å². The van der Waals surface area contributed by atoms with Gasteiger partial charge in [-0.3, -0.25) is 4.79 Å². The molecule has 10 heteroatoms. The Bertz CT molecular complexity index is 1640. The minimum Gasteiger partial charge on any atom is -0.547 e. The molecule has 3 saturated heterocycles. The van der Waals surface area contributed by atoms with Crippen LogP contribution in [-0.4, -0.2) is 77.7 Å². The number of carbonyl (C=O) groups is 1. The summed E-state index contributed by atoms with van der Waals surface area (Å²) in [5.41, 5.74) is -0.905. The Labute approximate surface area is 339 Å². The van der Waals surface area contributed by atoms with E-state index in [9.17, 15) is 4.79 Å². The molecule has 0 aliphatic carbocycles. The van der Waals surface area contributed by atoms with Crippen LogP contribution in [0.2, 0.25) is 23.2 Å². The van der Waals surface area contributed by atoms with Gasteiger partial charge in [0.1, 0.15) is 11.9 Å². The predicted octanol–water partition coefficient (Wildman–Crippen LogP) is 9.21. The fraction of sp³-hybridized carbons (Fsp3) is 0.674. The largest absolute Gasteiger partial charge is 0.547 e. The van der Waals surface area contributed by atoms with Gasteiger partial charge in [0.15, 0.2) is 11.6 Å². The van der Waals surface area contributed by atoms with Crippen LogP contribution in [0.3, 0.4) is 0 Å². The van der Waals surface area contributed by atoms with Gasteiger partial charge in [0.2, 0.25) is 8.32 Å². The summed E-state index contributed by atoms with van der Waals surface area (Å²) in [4.78, 5) is 13.9. The number of fused-ring (bicyclic) bond motifs is 2. The van der Waals surface area contributed by atoms with Crippen molar-refractivity contribution in [1.29, 1.82) is 0 Å². The molecule has 0 aromatic heterocycles. The monoisotopic (exact) mass is 806 g/mol. The van der Waals surface area contributed by atoms with E-state index in [1.807, 2.05) is 13.8 Å². The molecule has 0 unspecified atom stereocenters. The number of hydrogen-bond donors (Lipinski definition) is 0. The first-order valence-electron chi connectivity index (χ1n) is 21.2. The van der Waals surface area contributed by atoms with Crippen molar-refractivity contribution in [2.24, 2.45) is 5.41 Å². The Morgan fingerprint density at radius 3 is 1.95 bits per heavy atom. The summed E-state index contributed by atoms with van der Waals surface area (Å²) < 4.78 is 48.3. The Hall–Kier alpha value is -2.16. The minimum absolute atomic E-state index is 0.0205. The van der Waals surface area contributed by atoms with Gasteiger partial charge in [-0.05, 0) is 72.7 Å². The maximum absolute atomic E-state index is 13.9. The van der Waals surface area contributed by atoms with Crippen LogP contribution in [-0.2, 0) is 37.3 Å². The van der Waals surface area contributed by atoms with Gasteiger partial charge in [0.05, 0.1) is 42.2 Å². The maximum Gasteiger partial charge on any atom is 0.261 e. The van der Waals surface area contributed by atoms with Gasteiger partial charge in [-0.1, -0.05) is 116 Å². The van der Waals surface area contributed by atoms with Gasteiger partial charge < -0.3 is 32.5 Å². The van der Waals surface area contributed by atoms with E-state index in [0.29, 0.717) is 45.3 Å². The lowest BCUT2D eigenvalue weighted by molar-refractivity contribution is -0.372. The van der Waals surface area contributed by atoms with Gasteiger partial charge in [-0.15, -0.1) is 0 Å². The first-order valence-corrected chi connectivity index (χ1v) is 26.0. The van der Waals surface area contributed by atoms with Crippen molar-refractivity contribution >= 4 is 32.8 Å². The zero-order chi connectivity index (χ0) is 40.8. The number of Topliss-reactive ketones (excluding diaryl/α,β-unsaturated/α-hetero) is 1. The quantitative estimate of drug-likeness (QED) is 0.186. The molecule has 0 radical (unpaired) electrons. The SMILES string of the molecule is CCC1(CC)OC[C@@H]([C@H]2CC(O[Si](C)(C)C(C)(C)C)=C[C@@H](C[C@]34O[C@@H](CCO[Si](c5ccccc5)(c5ccccc5)C(C)(C)C)C[C@H](CC(=O)C3(C)C)O4)O2)O1. The molecule has 6 atom stereocenters. The van der Waals surface area contributed by atoms with Crippen LogP contribution in [0.15, 0.2) is 72.5 Å². The van der Waals surface area contributed by atoms with E-state index in [4.69, 9.17) is 32.5 Å². The molecule has 6 rings (SSSR count). The number of hydrogen-bond acceptors (Lipinski definition) is 8. The molecule has 2 bridgehead atoms. The highest BCUT2D eigenvalue weighted by atomic mass is 28.4. The van der Waals surface area contributed by atoms with Crippen LogP contribution < -0.4 is 10.4 Å². The molecule has 3 fully saturated rings. The average Bonchev–Trinajstić information content (AvgIpc) is 3.58. The summed E-state index contributed by atoms with van der Waals surface area (Å²) in [6.07, 6.45) is 4.97. The zero-order valence-electron chi connectivity index (χ0n) is 36.4. The molecule has 2 aromatic rings. The number of ether oxygens (including phenoxy) is 5. The molecule has 0 N–H and O–H groups in total. The molecule has 4 aliphatic heterocycles. The van der Waals surface area contributed by atoms with Crippen molar-refractivity contribution < 1.29 is 37.3 Å². The van der Waals surface area contributed by atoms with E-state index in [1.54, 1.807) is 0 Å². The number of benzene rings is 2. The molecule has 0 spiro atoms. The van der Waals surface area contributed by atoms with Crippen LogP contribution in [0.4, 0.5) is 0 Å². The highest BCUT2D eigenvalue weighted by Gasteiger charge is 2.61. The standard InChI is InChI=1S/C46H70O8Si2/c1-13-45(14-2)48-32-40(53-45)39-29-35(54-55(11,12)42(3,4)5)28-36(50-39)31-46-44(9,10)41(47)30-34(52-46)27-33(51-46)25-26-49-56(43(6,7)8,37-21-17-15-18-22-37)38-23-19-16-20-24-38/h15-24,28,33-34,36,39-40H,13-14,25-27,29-32H2,1-12H3/t33-,34+,36-,39+,40-,46+/m0/s1. The first-order chi connectivity index (χ1) is 26.2. The summed E-state index contributed by atoms with van der Waals surface area (Å²) in [5.74, 6) is -0.713. The Morgan fingerprint density at radius 1 is 0.804 bits per heavy atom. The van der Waals surface area contributed by atoms with Gasteiger partial charge in [-0.25, -0.2) is 0 Å². The van der Waals surface area contributed by atoms with Crippen LogP contribution in [0, 0.1) is 5.41 Å². The molecule has 2 aromatic carbocycles. The van der Waals surface area contributed by atoms with Gasteiger partial charge >= 0.3 is 0 Å². The summed E-state index contributed by atoms with van der Waals surface area (Å²) in [6, 6.07) is 21.5. The first kappa shape index (κ1) is 43.4. The predicted molar refractivity (Wildman–Crippen MR) is 227 cm³/mol. The maximum atomic E-state index is 13.9. The van der Waals surface area contributed by atoms with Gasteiger partial charge in [0, 0.05) is 32.3 Å². The van der Waals surface area contributed by atoms with Crippen LogP contribution in [0.25, 0.3) is 0 Å². The third-order valence-electron chi connectivity index (χ3n) is 13.6. The van der Waals surface area contributed by atoms with E-state index < -0.39 is 39.7 Å². The lowest BCUT2D eigenvalue weighted by atomic mass is 9.70. The van der Waals surface area contributed by atoms with E-state index in [-0.39, 0.29) is 40.3 Å². The number of rotatable bonds is 13. The second kappa shape index (κ2) is 16.1. The van der Waals surface area contributed by atoms with Gasteiger partial charge in [-0.2, -0.15) is 0 Å². The van der Waals surface area contributed by atoms with Crippen molar-refractivity contribution in [1.82, 2.24) is 0 Å². The van der Waals surface area contributed by atoms with Gasteiger partial charge in [0.25, 0.3) is 8.32 Å². The molecular weight excluding hydrogens is 737 g/mol.